The van der Waals surface area contributed by atoms with Crippen LogP contribution in [0.2, 0.25) is 0 Å². The van der Waals surface area contributed by atoms with Crippen LogP contribution in [0.5, 0.6) is 0 Å². The summed E-state index contributed by atoms with van der Waals surface area (Å²) in [5.74, 6) is 0.685. The van der Waals surface area contributed by atoms with E-state index in [0.29, 0.717) is 25.7 Å². The van der Waals surface area contributed by atoms with Gasteiger partial charge in [-0.3, -0.25) is 23.5 Å². The van der Waals surface area contributed by atoms with E-state index in [4.69, 9.17) is 0 Å². The average molecular weight is 478 g/mol. The average Bonchev–Trinajstić information content (AvgIpc) is 2.80. The van der Waals surface area contributed by atoms with Crippen LogP contribution < -0.4 is 21.9 Å². The van der Waals surface area contributed by atoms with Gasteiger partial charge in [-0.25, -0.2) is 14.2 Å². The number of carbonyl (C=O) groups is 2. The molecule has 33 heavy (non-hydrogen) atoms. The van der Waals surface area contributed by atoms with Gasteiger partial charge in [-0.2, -0.15) is 11.8 Å². The number of fused-ring (bicyclic) bond motifs is 1. The highest BCUT2D eigenvalue weighted by atomic mass is 32.2. The smallest absolute Gasteiger partial charge is 0.333 e. The molecule has 1 aliphatic heterocycles. The third-order valence-corrected chi connectivity index (χ3v) is 7.45. The molecule has 2 aliphatic rings. The fourth-order valence-electron chi connectivity index (χ4n) is 4.76. The molecule has 3 heterocycles. The molecule has 0 aromatic carbocycles. The molecule has 0 unspecified atom stereocenters. The number of thioether (sulfide) groups is 1. The summed E-state index contributed by atoms with van der Waals surface area (Å²) >= 11 is 1.83. The Bertz CT molecular complexity index is 1170. The van der Waals surface area contributed by atoms with Gasteiger partial charge in [0.1, 0.15) is 11.5 Å². The van der Waals surface area contributed by atoms with Gasteiger partial charge in [-0.05, 0) is 56.1 Å². The predicted molar refractivity (Wildman–Crippen MR) is 124 cm³/mol. The van der Waals surface area contributed by atoms with Crippen LogP contribution in [0.4, 0.5) is 4.39 Å². The van der Waals surface area contributed by atoms with Crippen molar-refractivity contribution in [3.05, 3.63) is 38.9 Å². The molecule has 1 saturated heterocycles. The Labute approximate surface area is 194 Å². The minimum Gasteiger partial charge on any atom is -0.352 e. The van der Waals surface area contributed by atoms with E-state index in [9.17, 15) is 23.6 Å². The topological polar surface area (TPSA) is 115 Å². The number of hydrogen-bond donors (Lipinski definition) is 2. The quantitative estimate of drug-likeness (QED) is 0.675. The second-order valence-electron chi connectivity index (χ2n) is 8.68. The lowest BCUT2D eigenvalue weighted by molar-refractivity contribution is -0.125. The van der Waals surface area contributed by atoms with Crippen molar-refractivity contribution in [1.82, 2.24) is 24.8 Å². The van der Waals surface area contributed by atoms with Crippen molar-refractivity contribution < 1.29 is 14.0 Å². The maximum atomic E-state index is 14.0. The van der Waals surface area contributed by atoms with E-state index in [-0.39, 0.29) is 53.2 Å². The molecule has 2 N–H and O–H groups in total. The van der Waals surface area contributed by atoms with E-state index < -0.39 is 11.4 Å². The number of hydrogen-bond acceptors (Lipinski definition) is 6. The number of halogens is 1. The first-order valence-electron chi connectivity index (χ1n) is 11.3. The van der Waals surface area contributed by atoms with Crippen LogP contribution in [-0.4, -0.2) is 50.0 Å². The van der Waals surface area contributed by atoms with E-state index in [0.717, 1.165) is 30.5 Å². The Balaban J connectivity index is 1.61. The molecule has 0 bridgehead atoms. The molecule has 11 heteroatoms. The lowest BCUT2D eigenvalue weighted by Gasteiger charge is -2.31. The summed E-state index contributed by atoms with van der Waals surface area (Å²) < 4.78 is 16.9. The number of nitrogens with one attached hydrogen (secondary N) is 2. The van der Waals surface area contributed by atoms with Crippen LogP contribution in [0.15, 0.2) is 21.9 Å². The van der Waals surface area contributed by atoms with Crippen LogP contribution >= 0.6 is 11.8 Å². The SMILES string of the molecule is CC(=O)NCC(=O)N[C@H]1CC[C@@H](n2c(=O)c3cc(F)cnc3n(C3CCSCC3)c2=O)CC1. The summed E-state index contributed by atoms with van der Waals surface area (Å²) in [4.78, 5) is 53.9. The molecule has 2 aromatic heterocycles. The molecule has 4 rings (SSSR count). The lowest BCUT2D eigenvalue weighted by atomic mass is 9.91. The van der Waals surface area contributed by atoms with Crippen LogP contribution in [0.25, 0.3) is 11.0 Å². The monoisotopic (exact) mass is 477 g/mol. The van der Waals surface area contributed by atoms with E-state index >= 15 is 0 Å². The van der Waals surface area contributed by atoms with Gasteiger partial charge >= 0.3 is 5.69 Å². The third-order valence-electron chi connectivity index (χ3n) is 6.40. The van der Waals surface area contributed by atoms with Crippen LogP contribution in [-0.2, 0) is 9.59 Å². The second kappa shape index (κ2) is 10.1. The highest BCUT2D eigenvalue weighted by molar-refractivity contribution is 7.99. The van der Waals surface area contributed by atoms with E-state index in [1.54, 1.807) is 4.57 Å². The summed E-state index contributed by atoms with van der Waals surface area (Å²) in [6.07, 6.45) is 4.91. The number of aromatic nitrogens is 3. The lowest BCUT2D eigenvalue weighted by Crippen LogP contribution is -2.47. The molecule has 0 radical (unpaired) electrons. The zero-order valence-electron chi connectivity index (χ0n) is 18.5. The van der Waals surface area contributed by atoms with Crippen LogP contribution in [0.1, 0.15) is 57.5 Å². The number of pyridine rings is 1. The zero-order valence-corrected chi connectivity index (χ0v) is 19.3. The van der Waals surface area contributed by atoms with E-state index in [2.05, 4.69) is 15.6 Å². The minimum absolute atomic E-state index is 0.0736. The highest BCUT2D eigenvalue weighted by Crippen LogP contribution is 2.30. The Morgan fingerprint density at radius 3 is 2.42 bits per heavy atom. The van der Waals surface area contributed by atoms with Gasteiger partial charge in [-0.15, -0.1) is 0 Å². The molecular weight excluding hydrogens is 449 g/mol. The summed E-state index contributed by atoms with van der Waals surface area (Å²) in [6, 6.07) is 0.680. The number of amides is 2. The first kappa shape index (κ1) is 23.5. The molecule has 2 aromatic rings. The number of rotatable bonds is 5. The van der Waals surface area contributed by atoms with E-state index in [1.807, 2.05) is 11.8 Å². The largest absolute Gasteiger partial charge is 0.352 e. The summed E-state index contributed by atoms with van der Waals surface area (Å²) in [6.45, 7) is 1.27. The second-order valence-corrected chi connectivity index (χ2v) is 9.90. The fourth-order valence-corrected chi connectivity index (χ4v) is 5.84. The van der Waals surface area contributed by atoms with E-state index in [1.165, 1.54) is 17.6 Å². The maximum Gasteiger partial charge on any atom is 0.333 e. The molecule has 0 atom stereocenters. The predicted octanol–water partition coefficient (Wildman–Crippen LogP) is 1.50. The van der Waals surface area contributed by atoms with Crippen molar-refractivity contribution in [2.45, 2.75) is 63.6 Å². The summed E-state index contributed by atoms with van der Waals surface area (Å²) in [5, 5.41) is 5.48. The molecule has 9 nitrogen and oxygen atoms in total. The summed E-state index contributed by atoms with van der Waals surface area (Å²) in [7, 11) is 0. The van der Waals surface area contributed by atoms with Crippen LogP contribution in [0, 0.1) is 5.82 Å². The first-order chi connectivity index (χ1) is 15.8. The summed E-state index contributed by atoms with van der Waals surface area (Å²) in [5.41, 5.74) is -0.651. The third kappa shape index (κ3) is 5.13. The first-order valence-corrected chi connectivity index (χ1v) is 12.4. The Morgan fingerprint density at radius 2 is 1.76 bits per heavy atom. The minimum atomic E-state index is -0.610. The fraction of sp³-hybridized carbons (Fsp3) is 0.591. The molecule has 2 fully saturated rings. The van der Waals surface area contributed by atoms with Crippen molar-refractivity contribution in [2.75, 3.05) is 18.1 Å². The Kier molecular flexibility index (Phi) is 7.16. The van der Waals surface area contributed by atoms with Gasteiger partial charge < -0.3 is 10.6 Å². The van der Waals surface area contributed by atoms with Gasteiger partial charge in [0.15, 0.2) is 0 Å². The zero-order chi connectivity index (χ0) is 23.5. The number of nitrogens with zero attached hydrogens (tertiary/aromatic N) is 3. The molecule has 178 valence electrons. The molecule has 0 spiro atoms. The van der Waals surface area contributed by atoms with Gasteiger partial charge in [-0.1, -0.05) is 0 Å². The van der Waals surface area contributed by atoms with Gasteiger partial charge in [0, 0.05) is 25.0 Å². The molecular formula is C22H28FN5O4S. The Morgan fingerprint density at radius 1 is 1.09 bits per heavy atom. The van der Waals surface area contributed by atoms with Crippen molar-refractivity contribution in [3.63, 3.8) is 0 Å². The van der Waals surface area contributed by atoms with Gasteiger partial charge in [0.2, 0.25) is 11.8 Å². The Hall–Kier alpha value is -2.69. The highest BCUT2D eigenvalue weighted by Gasteiger charge is 2.29. The van der Waals surface area contributed by atoms with Crippen molar-refractivity contribution >= 4 is 34.6 Å². The number of carbonyl (C=O) groups excluding carboxylic acids is 2. The van der Waals surface area contributed by atoms with Gasteiger partial charge in [0.25, 0.3) is 5.56 Å². The van der Waals surface area contributed by atoms with Crippen molar-refractivity contribution in [2.24, 2.45) is 0 Å². The van der Waals surface area contributed by atoms with Crippen LogP contribution in [0.3, 0.4) is 0 Å². The standard InChI is InChI=1S/C22H28FN5O4S/c1-13(29)24-12-19(30)26-15-2-4-16(5-3-15)28-21(31)18-10-14(23)11-25-20(18)27(22(28)32)17-6-8-33-9-7-17/h10-11,15-17H,2-9,12H2,1H3,(H,24,29)(H,26,30)/t15-,16+. The molecule has 1 aliphatic carbocycles. The molecule has 2 amide bonds. The maximum absolute atomic E-state index is 14.0. The van der Waals surface area contributed by atoms with Crippen molar-refractivity contribution in [1.29, 1.82) is 0 Å². The molecule has 1 saturated carbocycles. The van der Waals surface area contributed by atoms with Gasteiger partial charge in [0.05, 0.1) is 18.1 Å². The van der Waals surface area contributed by atoms with Crippen molar-refractivity contribution in [3.8, 4) is 0 Å². The normalized spacial score (nSPS) is 21.6.